The number of benzene rings is 2. The molecule has 2 aliphatic carbocycles. The van der Waals surface area contributed by atoms with Gasteiger partial charge in [-0.05, 0) is 157 Å². The molecule has 0 aromatic heterocycles. The van der Waals surface area contributed by atoms with Crippen LogP contribution in [0.25, 0.3) is 0 Å². The second-order valence-electron chi connectivity index (χ2n) is 31.3. The highest BCUT2D eigenvalue weighted by Gasteiger charge is 2.63. The van der Waals surface area contributed by atoms with Crippen LogP contribution < -0.4 is 31.1 Å². The van der Waals surface area contributed by atoms with Crippen LogP contribution in [0, 0.1) is 11.8 Å². The predicted octanol–water partition coefficient (Wildman–Crippen LogP) is 7.86. The van der Waals surface area contributed by atoms with E-state index in [9.17, 15) is 61.5 Å². The molecule has 9 amide bonds. The maximum absolute atomic E-state index is 14.3. The van der Waals surface area contributed by atoms with Crippen LogP contribution in [0.15, 0.2) is 72.8 Å². The number of nitrogens with zero attached hydrogens (tertiary/aromatic N) is 4. The van der Waals surface area contributed by atoms with Gasteiger partial charge in [-0.15, -0.1) is 0 Å². The van der Waals surface area contributed by atoms with E-state index in [2.05, 4.69) is 26.0 Å². The summed E-state index contributed by atoms with van der Waals surface area (Å²) in [4.78, 5) is 140. The number of nitrogens with two attached hydrogens (primary N) is 1. The van der Waals surface area contributed by atoms with E-state index in [1.165, 1.54) is 9.80 Å². The van der Waals surface area contributed by atoms with E-state index in [1.807, 2.05) is 93.6 Å². The molecule has 2 saturated carbocycles. The molecule has 2 aromatic carbocycles. The van der Waals surface area contributed by atoms with Crippen molar-refractivity contribution in [3.63, 3.8) is 0 Å². The first-order valence-corrected chi connectivity index (χ1v) is 37.4. The fraction of sp³-hybridized carbons (Fsp3) is 0.639. The smallest absolute Gasteiger partial charge is 0.410 e. The summed E-state index contributed by atoms with van der Waals surface area (Å²) in [5, 5.41) is 26.1. The zero-order valence-electron chi connectivity index (χ0n) is 60.4. The number of fused-ring (bicyclic) bond motifs is 6. The van der Waals surface area contributed by atoms with Crippen molar-refractivity contribution in [1.82, 2.24) is 45.6 Å². The van der Waals surface area contributed by atoms with Crippen LogP contribution in [0.2, 0.25) is 0 Å². The zero-order valence-corrected chi connectivity index (χ0v) is 62.0. The fourth-order valence-corrected chi connectivity index (χ4v) is 13.6. The number of hydrogen-bond acceptors (Lipinski definition) is 16. The molecule has 6 aliphatic heterocycles. The summed E-state index contributed by atoms with van der Waals surface area (Å²) >= 11 is 0. The normalized spacial score (nSPS) is 28.1. The summed E-state index contributed by atoms with van der Waals surface area (Å²) in [6.07, 6.45) is 10.6. The van der Waals surface area contributed by atoms with E-state index in [1.54, 1.807) is 72.1 Å². The van der Waals surface area contributed by atoms with Crippen molar-refractivity contribution in [3.8, 4) is 0 Å². The third-order valence-corrected chi connectivity index (χ3v) is 21.4. The Morgan fingerprint density at radius 3 is 1.28 bits per heavy atom. The van der Waals surface area contributed by atoms with Crippen LogP contribution in [-0.4, -0.2) is 174 Å². The Balaban J connectivity index is 0.000000236. The highest BCUT2D eigenvalue weighted by atomic mass is 32.2. The lowest BCUT2D eigenvalue weighted by atomic mass is 10.0. The zero-order chi connectivity index (χ0) is 74.2. The highest BCUT2D eigenvalue weighted by molar-refractivity contribution is 7.85. The topological polar surface area (TPSA) is 361 Å². The molecule has 29 heteroatoms. The summed E-state index contributed by atoms with van der Waals surface area (Å²) in [5.41, 5.74) is -0.273. The summed E-state index contributed by atoms with van der Waals surface area (Å²) in [5.74, 6) is -4.61. The minimum absolute atomic E-state index is 0.000531. The standard InChI is InChI=1S/C36H51N5O8S.C32H42N4O8.C4H11NOS/c1-34(2,3)49-32(45)37-27-17-11-9-7-8-10-16-25-19-36(25,31(44)39-50(47)35(4,5)6)38-29(42)28-18-26(22-41(28)30(27)43)48-33(46)40-20-23-14-12-13-15-24(23)21-40;1-31(2,3)44-29(41)33-24-14-8-6-4-5-7-13-22-16-32(22,28(39)40)34-26(37)25-15-23(19-36(25)27(24)38)43-30(42)35-17-20-11-9-10-12-21(20)18-35;1-4(2,3)7(5)6/h10,12-16,25-28H,7-9,11,17-22H2,1-6H3,(H,37,45)(H,38,42)(H,39,44);7,9-13,22-25H,4-6,8,14-19H2,1-3H3,(H,33,41)(H,34,37)(H,39,40);5H2,1-3H3/b16-10-;13-7-;/t25-,26-,27+,28+,36-,50+;22-,23-,24+,25+,32-;7-/m110/s1. The van der Waals surface area contributed by atoms with Crippen LogP contribution >= 0.6 is 0 Å². The Hall–Kier alpha value is -7.92. The Morgan fingerprint density at radius 1 is 0.554 bits per heavy atom. The molecule has 4 fully saturated rings. The number of carbonyl (C=O) groups excluding carboxylic acids is 9. The van der Waals surface area contributed by atoms with Crippen LogP contribution in [0.3, 0.4) is 0 Å². The Morgan fingerprint density at radius 2 is 0.921 bits per heavy atom. The van der Waals surface area contributed by atoms with Gasteiger partial charge in [-0.25, -0.2) is 32.4 Å². The summed E-state index contributed by atoms with van der Waals surface area (Å²) in [6.45, 7) is 22.5. The number of hydrogen-bond donors (Lipinski definition) is 7. The van der Waals surface area contributed by atoms with E-state index >= 15 is 0 Å². The molecule has 8 N–H and O–H groups in total. The third-order valence-electron chi connectivity index (χ3n) is 18.7. The van der Waals surface area contributed by atoms with Crippen LogP contribution in [0.4, 0.5) is 19.2 Å². The Bertz CT molecular complexity index is 3490. The van der Waals surface area contributed by atoms with Crippen molar-refractivity contribution >= 4 is 81.8 Å². The number of amides is 9. The average molecular weight is 1450 g/mol. The number of alkyl carbamates (subject to hydrolysis) is 2. The molecule has 101 heavy (non-hydrogen) atoms. The average Bonchev–Trinajstić information content (AvgIpc) is 1.58. The molecule has 0 spiro atoms. The van der Waals surface area contributed by atoms with Gasteiger partial charge >= 0.3 is 30.3 Å². The van der Waals surface area contributed by atoms with Gasteiger partial charge in [0, 0.05) is 50.9 Å². The van der Waals surface area contributed by atoms with Gasteiger partial charge < -0.3 is 55.1 Å². The monoisotopic (exact) mass is 1440 g/mol. The van der Waals surface area contributed by atoms with Gasteiger partial charge in [-0.2, -0.15) is 0 Å². The number of nitrogens with one attached hydrogen (secondary N) is 5. The minimum atomic E-state index is -1.72. The summed E-state index contributed by atoms with van der Waals surface area (Å²) < 4.78 is 47.5. The molecule has 0 bridgehead atoms. The predicted molar refractivity (Wildman–Crippen MR) is 377 cm³/mol. The molecule has 10 rings (SSSR count). The van der Waals surface area contributed by atoms with Crippen molar-refractivity contribution in [2.45, 2.75) is 267 Å². The number of carboxylic acids is 1. The molecular weight excluding hydrogens is 1340 g/mol. The molecule has 0 unspecified atom stereocenters. The quantitative estimate of drug-likeness (QED) is 0.102. The van der Waals surface area contributed by atoms with Gasteiger partial charge in [-0.1, -0.05) is 98.5 Å². The van der Waals surface area contributed by atoms with E-state index in [0.717, 1.165) is 60.8 Å². The van der Waals surface area contributed by atoms with Gasteiger partial charge in [0.1, 0.15) is 69.6 Å². The molecular formula is C72H104N10O17S2. The molecule has 6 heterocycles. The SMILES string of the molecule is CC(C)(C)OC(=O)N[C@H]1CCCCC/C=C\[C@@H]2C[C@@]2(C(=O)N[S@@](=O)C(C)(C)C)NC(=O)[C@@H]2C[C@@H](OC(=O)N3Cc4ccccc4C3)CN2C1=O.CC(C)(C)OC(=O)N[C@H]1CCCCC/C=C\[C@@H]2C[C@@]2(C(=O)O)NC(=O)[C@@H]2C[C@@H](OC(=O)N3Cc4ccccc4C3)CN2C1=O.CC(C)(C)[S@@](N)=O. The second-order valence-corrected chi connectivity index (χ2v) is 35.1. The first-order chi connectivity index (χ1) is 47.3. The minimum Gasteiger partial charge on any atom is -0.479 e. The molecule has 556 valence electrons. The third kappa shape index (κ3) is 21.1. The fourth-order valence-electron chi connectivity index (χ4n) is 12.9. The first kappa shape index (κ1) is 78.8. The van der Waals surface area contributed by atoms with Crippen molar-refractivity contribution in [2.75, 3.05) is 13.1 Å². The lowest BCUT2D eigenvalue weighted by Gasteiger charge is -2.30. The van der Waals surface area contributed by atoms with Crippen molar-refractivity contribution in [2.24, 2.45) is 17.0 Å². The number of allylic oxidation sites excluding steroid dienone is 2. The van der Waals surface area contributed by atoms with Gasteiger partial charge in [0.2, 0.25) is 23.6 Å². The lowest BCUT2D eigenvalue weighted by molar-refractivity contribution is -0.145. The molecule has 27 nitrogen and oxygen atoms in total. The van der Waals surface area contributed by atoms with Crippen molar-refractivity contribution < 1.29 is 80.4 Å². The van der Waals surface area contributed by atoms with Gasteiger partial charge in [0.15, 0.2) is 0 Å². The summed E-state index contributed by atoms with van der Waals surface area (Å²) in [7, 11) is -2.91. The van der Waals surface area contributed by atoms with E-state index in [4.69, 9.17) is 24.1 Å². The van der Waals surface area contributed by atoms with Crippen molar-refractivity contribution in [1.29, 1.82) is 0 Å². The maximum Gasteiger partial charge on any atom is 0.410 e. The highest BCUT2D eigenvalue weighted by Crippen LogP contribution is 2.47. The second kappa shape index (κ2) is 32.6. The lowest BCUT2D eigenvalue weighted by Crippen LogP contribution is -2.58. The Kier molecular flexibility index (Phi) is 25.4. The molecule has 2 saturated heterocycles. The first-order valence-electron chi connectivity index (χ1n) is 35.0. The van der Waals surface area contributed by atoms with Crippen molar-refractivity contribution in [3.05, 3.63) is 95.1 Å². The Labute approximate surface area is 597 Å². The maximum atomic E-state index is 14.3. The van der Waals surface area contributed by atoms with E-state index in [-0.39, 0.29) is 48.9 Å². The van der Waals surface area contributed by atoms with Gasteiger partial charge in [0.05, 0.1) is 33.6 Å². The van der Waals surface area contributed by atoms with Crippen LogP contribution in [0.5, 0.6) is 0 Å². The molecule has 8 aliphatic rings. The molecule has 12 atom stereocenters. The summed E-state index contributed by atoms with van der Waals surface area (Å²) in [6, 6.07) is 11.3. The number of carbonyl (C=O) groups is 10. The van der Waals surface area contributed by atoms with Crippen LogP contribution in [0.1, 0.15) is 195 Å². The van der Waals surface area contributed by atoms with Crippen LogP contribution in [-0.2, 0) is 95.9 Å². The number of carboxylic acid groups (broad SMARTS) is 1. The number of aliphatic carboxylic acids is 1. The molecule has 2 aromatic rings. The number of ether oxygens (including phenoxy) is 4. The largest absolute Gasteiger partial charge is 0.479 e. The molecule has 0 radical (unpaired) electrons. The van der Waals surface area contributed by atoms with E-state index < -0.39 is 145 Å². The van der Waals surface area contributed by atoms with Gasteiger partial charge in [0.25, 0.3) is 5.91 Å². The van der Waals surface area contributed by atoms with E-state index in [0.29, 0.717) is 58.3 Å². The number of rotatable bonds is 7. The van der Waals surface area contributed by atoms with Gasteiger partial charge in [-0.3, -0.25) is 43.6 Å².